The summed E-state index contributed by atoms with van der Waals surface area (Å²) in [6.45, 7) is 2.16. The third-order valence-electron chi connectivity index (χ3n) is 4.45. The van der Waals surface area contributed by atoms with Crippen molar-refractivity contribution >= 4 is 68.2 Å². The van der Waals surface area contributed by atoms with Crippen LogP contribution in [0, 0.1) is 0 Å². The molecule has 0 N–H and O–H groups in total. The number of carbonyl (C=O) groups excluding carboxylic acids is 1. The smallest absolute Gasteiger partial charge is 0.261 e. The van der Waals surface area contributed by atoms with Crippen LogP contribution in [0.4, 0.5) is 5.13 Å². The molecular weight excluding hydrogens is 469 g/mol. The van der Waals surface area contributed by atoms with Crippen LogP contribution in [0.2, 0.25) is 10.0 Å². The molecule has 0 saturated heterocycles. The van der Waals surface area contributed by atoms with E-state index in [2.05, 4.69) is 0 Å². The number of rotatable bonds is 5. The van der Waals surface area contributed by atoms with Crippen LogP contribution < -0.4 is 14.4 Å². The van der Waals surface area contributed by atoms with E-state index in [1.165, 1.54) is 11.3 Å². The fourth-order valence-corrected chi connectivity index (χ4v) is 4.33. The Morgan fingerprint density at radius 3 is 2.50 bits per heavy atom. The van der Waals surface area contributed by atoms with Gasteiger partial charge >= 0.3 is 0 Å². The summed E-state index contributed by atoms with van der Waals surface area (Å²) >= 11 is 13.8. The minimum Gasteiger partial charge on any atom is -0.486 e. The summed E-state index contributed by atoms with van der Waals surface area (Å²) in [7, 11) is 3.91. The predicted octanol–water partition coefficient (Wildman–Crippen LogP) is 5.00. The number of ether oxygens (including phenoxy) is 2. The average molecular weight is 489 g/mol. The second kappa shape index (κ2) is 9.58. The standard InChI is InChI=1S/C20H19Cl2N3O3S.ClH/c1-24(2)5-6-25(19(26)13-9-12(21)3-4-14(13)22)20-23-15-10-16-17(11-18(15)29-20)28-8-7-27-16;/h3-4,9-11H,5-8H2,1-2H3;1H. The van der Waals surface area contributed by atoms with Crippen LogP contribution in [0.3, 0.4) is 0 Å². The third-order valence-corrected chi connectivity index (χ3v) is 6.05. The van der Waals surface area contributed by atoms with Gasteiger partial charge in [-0.05, 0) is 32.3 Å². The van der Waals surface area contributed by atoms with Gasteiger partial charge in [-0.1, -0.05) is 34.5 Å². The Kier molecular flexibility index (Phi) is 7.31. The van der Waals surface area contributed by atoms with Gasteiger partial charge in [-0.3, -0.25) is 9.69 Å². The van der Waals surface area contributed by atoms with Crippen LogP contribution in [-0.4, -0.2) is 56.2 Å². The normalized spacial score (nSPS) is 12.7. The highest BCUT2D eigenvalue weighted by Crippen LogP contribution is 2.39. The highest BCUT2D eigenvalue weighted by atomic mass is 35.5. The van der Waals surface area contributed by atoms with Gasteiger partial charge in [0.05, 0.1) is 20.8 Å². The van der Waals surface area contributed by atoms with Crippen molar-refractivity contribution in [2.24, 2.45) is 0 Å². The molecule has 0 saturated carbocycles. The monoisotopic (exact) mass is 487 g/mol. The lowest BCUT2D eigenvalue weighted by molar-refractivity contribution is 0.0985. The lowest BCUT2D eigenvalue weighted by atomic mass is 10.2. The second-order valence-corrected chi connectivity index (χ2v) is 8.70. The molecule has 0 radical (unpaired) electrons. The molecule has 2 heterocycles. The van der Waals surface area contributed by atoms with Gasteiger partial charge in [0.2, 0.25) is 0 Å². The Labute approximate surface area is 194 Å². The average Bonchev–Trinajstić information content (AvgIpc) is 3.10. The Bertz CT molecular complexity index is 1030. The molecule has 0 bridgehead atoms. The van der Waals surface area contributed by atoms with Crippen molar-refractivity contribution in [1.29, 1.82) is 0 Å². The number of anilines is 1. The number of hydrogen-bond donors (Lipinski definition) is 0. The van der Waals surface area contributed by atoms with Gasteiger partial charge < -0.3 is 14.4 Å². The highest BCUT2D eigenvalue weighted by Gasteiger charge is 2.24. The summed E-state index contributed by atoms with van der Waals surface area (Å²) in [6.07, 6.45) is 0. The molecular formula is C20H20Cl3N3O3S. The molecule has 3 aromatic rings. The number of thiazole rings is 1. The van der Waals surface area contributed by atoms with Crippen LogP contribution in [0.15, 0.2) is 30.3 Å². The second-order valence-electron chi connectivity index (χ2n) is 6.84. The van der Waals surface area contributed by atoms with Gasteiger partial charge in [0.15, 0.2) is 16.6 Å². The van der Waals surface area contributed by atoms with E-state index in [1.54, 1.807) is 23.1 Å². The molecule has 0 fully saturated rings. The van der Waals surface area contributed by atoms with Crippen LogP contribution in [0.1, 0.15) is 10.4 Å². The number of hydrogen-bond acceptors (Lipinski definition) is 6. The van der Waals surface area contributed by atoms with Crippen molar-refractivity contribution in [2.75, 3.05) is 45.3 Å². The molecule has 4 rings (SSSR count). The minimum atomic E-state index is -0.240. The first-order chi connectivity index (χ1) is 13.9. The lowest BCUT2D eigenvalue weighted by Gasteiger charge is -2.22. The lowest BCUT2D eigenvalue weighted by Crippen LogP contribution is -2.36. The quantitative estimate of drug-likeness (QED) is 0.506. The molecule has 0 spiro atoms. The van der Waals surface area contributed by atoms with Gasteiger partial charge in [-0.2, -0.15) is 0 Å². The zero-order valence-corrected chi connectivity index (χ0v) is 19.5. The molecule has 30 heavy (non-hydrogen) atoms. The Balaban J connectivity index is 0.00000256. The summed E-state index contributed by atoms with van der Waals surface area (Å²) in [4.78, 5) is 21.7. The zero-order chi connectivity index (χ0) is 20.5. The van der Waals surface area contributed by atoms with Gasteiger partial charge in [0.1, 0.15) is 13.2 Å². The molecule has 1 aliphatic rings. The van der Waals surface area contributed by atoms with Gasteiger partial charge in [0, 0.05) is 30.2 Å². The van der Waals surface area contributed by atoms with Crippen LogP contribution in [0.5, 0.6) is 11.5 Å². The van der Waals surface area contributed by atoms with E-state index in [1.807, 2.05) is 31.1 Å². The summed E-state index contributed by atoms with van der Waals surface area (Å²) in [6, 6.07) is 8.63. The van der Waals surface area contributed by atoms with Crippen molar-refractivity contribution in [3.05, 3.63) is 45.9 Å². The number of benzene rings is 2. The number of nitrogens with zero attached hydrogens (tertiary/aromatic N) is 3. The number of likely N-dealkylation sites (N-methyl/N-ethyl adjacent to an activating group) is 1. The minimum absolute atomic E-state index is 0. The molecule has 160 valence electrons. The van der Waals surface area contributed by atoms with E-state index in [0.29, 0.717) is 58.5 Å². The molecule has 6 nitrogen and oxygen atoms in total. The van der Waals surface area contributed by atoms with Crippen LogP contribution >= 0.6 is 46.9 Å². The highest BCUT2D eigenvalue weighted by molar-refractivity contribution is 7.22. The molecule has 2 aromatic carbocycles. The first kappa shape index (κ1) is 22.9. The van der Waals surface area contributed by atoms with E-state index in [0.717, 1.165) is 10.2 Å². The number of amides is 1. The topological polar surface area (TPSA) is 54.9 Å². The summed E-state index contributed by atoms with van der Waals surface area (Å²) in [5, 5.41) is 1.40. The van der Waals surface area contributed by atoms with E-state index >= 15 is 0 Å². The number of aromatic nitrogens is 1. The fraction of sp³-hybridized carbons (Fsp3) is 0.300. The maximum absolute atomic E-state index is 13.3. The molecule has 0 aliphatic carbocycles. The molecule has 10 heteroatoms. The number of carbonyl (C=O) groups is 1. The molecule has 1 amide bonds. The number of fused-ring (bicyclic) bond motifs is 2. The van der Waals surface area contributed by atoms with E-state index in [4.69, 9.17) is 37.7 Å². The Hall–Kier alpha value is -1.77. The fourth-order valence-electron chi connectivity index (χ4n) is 2.96. The molecule has 0 unspecified atom stereocenters. The van der Waals surface area contributed by atoms with Gasteiger partial charge in [-0.25, -0.2) is 4.98 Å². The molecule has 1 aromatic heterocycles. The SMILES string of the molecule is CN(C)CCN(C(=O)c1cc(Cl)ccc1Cl)c1nc2cc3c(cc2s1)OCCO3.Cl. The largest absolute Gasteiger partial charge is 0.486 e. The Morgan fingerprint density at radius 2 is 1.80 bits per heavy atom. The van der Waals surface area contributed by atoms with Crippen molar-refractivity contribution in [2.45, 2.75) is 0 Å². The maximum Gasteiger partial charge on any atom is 0.261 e. The number of halogens is 3. The first-order valence-electron chi connectivity index (χ1n) is 9.04. The Morgan fingerprint density at radius 1 is 1.10 bits per heavy atom. The van der Waals surface area contributed by atoms with Crippen molar-refractivity contribution in [3.63, 3.8) is 0 Å². The summed E-state index contributed by atoms with van der Waals surface area (Å²) < 4.78 is 12.2. The first-order valence-corrected chi connectivity index (χ1v) is 10.6. The van der Waals surface area contributed by atoms with E-state index in [9.17, 15) is 4.79 Å². The zero-order valence-electron chi connectivity index (χ0n) is 16.4. The van der Waals surface area contributed by atoms with Crippen molar-refractivity contribution in [1.82, 2.24) is 9.88 Å². The van der Waals surface area contributed by atoms with Gasteiger partial charge in [-0.15, -0.1) is 12.4 Å². The summed E-state index contributed by atoms with van der Waals surface area (Å²) in [5.74, 6) is 1.13. The van der Waals surface area contributed by atoms with Gasteiger partial charge in [0.25, 0.3) is 5.91 Å². The van der Waals surface area contributed by atoms with Crippen LogP contribution in [-0.2, 0) is 0 Å². The van der Waals surface area contributed by atoms with Crippen molar-refractivity contribution < 1.29 is 14.3 Å². The van der Waals surface area contributed by atoms with E-state index < -0.39 is 0 Å². The molecule has 0 atom stereocenters. The summed E-state index contributed by atoms with van der Waals surface area (Å²) in [5.41, 5.74) is 1.11. The van der Waals surface area contributed by atoms with Crippen molar-refractivity contribution in [3.8, 4) is 11.5 Å². The molecule has 1 aliphatic heterocycles. The van der Waals surface area contributed by atoms with Crippen LogP contribution in [0.25, 0.3) is 10.2 Å². The van der Waals surface area contributed by atoms with E-state index in [-0.39, 0.29) is 18.3 Å². The third kappa shape index (κ3) is 4.76. The predicted molar refractivity (Wildman–Crippen MR) is 125 cm³/mol. The maximum atomic E-state index is 13.3.